The lowest BCUT2D eigenvalue weighted by Crippen LogP contribution is -2.43. The highest BCUT2D eigenvalue weighted by molar-refractivity contribution is 6.35. The number of hydrogen-bond acceptors (Lipinski definition) is 7. The molecule has 2 rings (SSSR count). The molecule has 0 atom stereocenters. The summed E-state index contributed by atoms with van der Waals surface area (Å²) in [5, 5.41) is 6.07. The summed E-state index contributed by atoms with van der Waals surface area (Å²) >= 11 is 0. The van der Waals surface area contributed by atoms with Crippen molar-refractivity contribution in [1.82, 2.24) is 15.6 Å². The van der Waals surface area contributed by atoms with E-state index in [1.807, 2.05) is 0 Å². The number of ether oxygens (including phenoxy) is 3. The molecular formula is C19H24N4O6. The van der Waals surface area contributed by atoms with Crippen molar-refractivity contribution in [2.45, 2.75) is 0 Å². The minimum absolute atomic E-state index is 0.111. The van der Waals surface area contributed by atoms with E-state index in [4.69, 9.17) is 14.2 Å². The molecule has 3 amide bonds. The Morgan fingerprint density at radius 3 is 2.69 bits per heavy atom. The fraction of sp³-hybridized carbons (Fsp3) is 0.368. The first kappa shape index (κ1) is 21.9. The van der Waals surface area contributed by atoms with Gasteiger partial charge >= 0.3 is 11.8 Å². The molecule has 1 aliphatic rings. The average molecular weight is 404 g/mol. The van der Waals surface area contributed by atoms with Crippen LogP contribution in [0.25, 0.3) is 0 Å². The van der Waals surface area contributed by atoms with E-state index in [1.54, 1.807) is 23.1 Å². The molecule has 1 heterocycles. The van der Waals surface area contributed by atoms with Crippen LogP contribution in [-0.2, 0) is 19.1 Å². The molecule has 2 N–H and O–H groups in total. The maximum atomic E-state index is 12.2. The van der Waals surface area contributed by atoms with Gasteiger partial charge in [0.05, 0.1) is 26.5 Å². The van der Waals surface area contributed by atoms with Gasteiger partial charge in [-0.05, 0) is 23.8 Å². The summed E-state index contributed by atoms with van der Waals surface area (Å²) < 4.78 is 16.1. The summed E-state index contributed by atoms with van der Waals surface area (Å²) in [4.78, 5) is 36.8. The Bertz CT molecular complexity index is 774. The molecular weight excluding hydrogens is 380 g/mol. The second-order valence-electron chi connectivity index (χ2n) is 5.89. The minimum atomic E-state index is -0.892. The van der Waals surface area contributed by atoms with Gasteiger partial charge in [-0.1, -0.05) is 6.08 Å². The number of nitrogens with zero attached hydrogens (tertiary/aromatic N) is 2. The van der Waals surface area contributed by atoms with Gasteiger partial charge in [0.15, 0.2) is 18.1 Å². The zero-order valence-corrected chi connectivity index (χ0v) is 16.2. The summed E-state index contributed by atoms with van der Waals surface area (Å²) in [5.41, 5.74) is 2.72. The van der Waals surface area contributed by atoms with Gasteiger partial charge < -0.3 is 24.4 Å². The molecule has 0 aliphatic carbocycles. The number of amides is 3. The summed E-state index contributed by atoms with van der Waals surface area (Å²) in [7, 11) is 1.47. The molecule has 10 heteroatoms. The number of hydrazone groups is 1. The van der Waals surface area contributed by atoms with E-state index in [2.05, 4.69) is 22.4 Å². The van der Waals surface area contributed by atoms with Crippen LogP contribution in [0, 0.1) is 0 Å². The predicted octanol–water partition coefficient (Wildman–Crippen LogP) is -0.315. The summed E-state index contributed by atoms with van der Waals surface area (Å²) in [6.45, 7) is 5.65. The smallest absolute Gasteiger partial charge is 0.329 e. The highest BCUT2D eigenvalue weighted by Crippen LogP contribution is 2.27. The maximum Gasteiger partial charge on any atom is 0.329 e. The maximum absolute atomic E-state index is 12.2. The number of carbonyl (C=O) groups is 3. The van der Waals surface area contributed by atoms with Crippen molar-refractivity contribution in [1.29, 1.82) is 0 Å². The van der Waals surface area contributed by atoms with E-state index < -0.39 is 11.8 Å². The molecule has 0 spiro atoms. The molecule has 1 aromatic rings. The van der Waals surface area contributed by atoms with Crippen LogP contribution in [0.15, 0.2) is 36.0 Å². The number of morpholine rings is 1. The molecule has 29 heavy (non-hydrogen) atoms. The van der Waals surface area contributed by atoms with Crippen LogP contribution in [-0.4, -0.2) is 75.4 Å². The first-order valence-electron chi connectivity index (χ1n) is 8.93. The van der Waals surface area contributed by atoms with Crippen molar-refractivity contribution in [3.63, 3.8) is 0 Å². The number of hydrogen-bond donors (Lipinski definition) is 2. The molecule has 0 bridgehead atoms. The van der Waals surface area contributed by atoms with Crippen LogP contribution in [0.1, 0.15) is 5.56 Å². The Morgan fingerprint density at radius 1 is 1.24 bits per heavy atom. The van der Waals surface area contributed by atoms with Crippen LogP contribution in [0.4, 0.5) is 0 Å². The highest BCUT2D eigenvalue weighted by atomic mass is 16.5. The summed E-state index contributed by atoms with van der Waals surface area (Å²) in [5.74, 6) is -1.03. The zero-order valence-electron chi connectivity index (χ0n) is 16.2. The van der Waals surface area contributed by atoms with Crippen molar-refractivity contribution in [3.05, 3.63) is 36.4 Å². The second-order valence-corrected chi connectivity index (χ2v) is 5.89. The Morgan fingerprint density at radius 2 is 2.00 bits per heavy atom. The lowest BCUT2D eigenvalue weighted by Gasteiger charge is -2.26. The van der Waals surface area contributed by atoms with E-state index in [0.29, 0.717) is 43.4 Å². The standard InChI is InChI=1S/C19H24N4O6/c1-3-6-20-18(25)19(26)22-21-12-14-4-5-15(16(11-14)27-2)29-13-17(24)23-7-9-28-10-8-23/h3-5,11-12H,1,6-10,13H2,2H3,(H,20,25)(H,22,26)/b21-12-. The number of nitrogens with one attached hydrogen (secondary N) is 2. The number of methoxy groups -OCH3 is 1. The lowest BCUT2D eigenvalue weighted by molar-refractivity contribution is -0.139. The van der Waals surface area contributed by atoms with E-state index >= 15 is 0 Å². The molecule has 0 saturated carbocycles. The van der Waals surface area contributed by atoms with Crippen molar-refractivity contribution in [2.75, 3.05) is 46.6 Å². The van der Waals surface area contributed by atoms with Gasteiger partial charge in [-0.3, -0.25) is 14.4 Å². The van der Waals surface area contributed by atoms with Gasteiger partial charge in [-0.25, -0.2) is 5.43 Å². The molecule has 1 fully saturated rings. The first-order valence-corrected chi connectivity index (χ1v) is 8.93. The average Bonchev–Trinajstić information content (AvgIpc) is 2.76. The van der Waals surface area contributed by atoms with Gasteiger partial charge in [-0.15, -0.1) is 6.58 Å². The molecule has 1 aliphatic heterocycles. The van der Waals surface area contributed by atoms with Gasteiger partial charge in [0.25, 0.3) is 5.91 Å². The molecule has 1 saturated heterocycles. The molecule has 0 aromatic heterocycles. The van der Waals surface area contributed by atoms with Gasteiger partial charge in [-0.2, -0.15) is 5.10 Å². The van der Waals surface area contributed by atoms with E-state index in [9.17, 15) is 14.4 Å². The number of benzene rings is 1. The third kappa shape index (κ3) is 6.92. The van der Waals surface area contributed by atoms with Crippen LogP contribution in [0.3, 0.4) is 0 Å². The molecule has 0 unspecified atom stereocenters. The first-order chi connectivity index (χ1) is 14.0. The Balaban J connectivity index is 1.90. The lowest BCUT2D eigenvalue weighted by atomic mass is 10.2. The number of carbonyl (C=O) groups excluding carboxylic acids is 3. The van der Waals surface area contributed by atoms with Crippen LogP contribution < -0.4 is 20.2 Å². The third-order valence-corrected chi connectivity index (χ3v) is 3.90. The van der Waals surface area contributed by atoms with E-state index in [1.165, 1.54) is 19.4 Å². The largest absolute Gasteiger partial charge is 0.493 e. The molecule has 156 valence electrons. The molecule has 0 radical (unpaired) electrons. The normalized spacial score (nSPS) is 13.6. The quantitative estimate of drug-likeness (QED) is 0.265. The molecule has 1 aromatic carbocycles. The van der Waals surface area contributed by atoms with E-state index in [0.717, 1.165) is 0 Å². The monoisotopic (exact) mass is 404 g/mol. The van der Waals surface area contributed by atoms with Crippen LogP contribution in [0.5, 0.6) is 11.5 Å². The fourth-order valence-corrected chi connectivity index (χ4v) is 2.39. The fourth-order valence-electron chi connectivity index (χ4n) is 2.39. The SMILES string of the molecule is C=CCNC(=O)C(=O)N/N=C\c1ccc(OCC(=O)N2CCOCC2)c(OC)c1. The molecule has 10 nitrogen and oxygen atoms in total. The summed E-state index contributed by atoms with van der Waals surface area (Å²) in [6, 6.07) is 4.93. The van der Waals surface area contributed by atoms with Crippen molar-refractivity contribution >= 4 is 23.9 Å². The zero-order chi connectivity index (χ0) is 21.1. The predicted molar refractivity (Wildman–Crippen MR) is 105 cm³/mol. The van der Waals surface area contributed by atoms with Gasteiger partial charge in [0, 0.05) is 19.6 Å². The van der Waals surface area contributed by atoms with Crippen molar-refractivity contribution in [3.8, 4) is 11.5 Å². The van der Waals surface area contributed by atoms with Crippen LogP contribution >= 0.6 is 0 Å². The van der Waals surface area contributed by atoms with Crippen molar-refractivity contribution < 1.29 is 28.6 Å². The number of rotatable bonds is 8. The Hall–Kier alpha value is -3.40. The highest BCUT2D eigenvalue weighted by Gasteiger charge is 2.18. The topological polar surface area (TPSA) is 119 Å². The van der Waals surface area contributed by atoms with Gasteiger partial charge in [0.1, 0.15) is 0 Å². The minimum Gasteiger partial charge on any atom is -0.493 e. The van der Waals surface area contributed by atoms with E-state index in [-0.39, 0.29) is 19.1 Å². The van der Waals surface area contributed by atoms with Crippen LogP contribution in [0.2, 0.25) is 0 Å². The Labute approximate surface area is 168 Å². The third-order valence-electron chi connectivity index (χ3n) is 3.90. The van der Waals surface area contributed by atoms with Crippen molar-refractivity contribution in [2.24, 2.45) is 5.10 Å². The Kier molecular flexibility index (Phi) is 8.64. The van der Waals surface area contributed by atoms with Gasteiger partial charge in [0.2, 0.25) is 0 Å². The summed E-state index contributed by atoms with van der Waals surface area (Å²) in [6.07, 6.45) is 2.81. The second kappa shape index (κ2) is 11.4.